The molecule has 0 unspecified atom stereocenters. The quantitative estimate of drug-likeness (QED) is 0.824. The zero-order valence-corrected chi connectivity index (χ0v) is 16.3. The maximum Gasteiger partial charge on any atom is 0.322 e. The molecule has 2 aliphatic rings. The molecule has 2 aliphatic heterocycles. The number of benzene rings is 2. The van der Waals surface area contributed by atoms with E-state index in [0.29, 0.717) is 18.7 Å². The summed E-state index contributed by atoms with van der Waals surface area (Å²) in [4.78, 5) is 43.2. The van der Waals surface area contributed by atoms with Gasteiger partial charge in [-0.1, -0.05) is 30.3 Å². The number of nitrogens with one attached hydrogen (secondary N) is 1. The molecule has 0 saturated carbocycles. The number of nitrogens with zero attached hydrogens (tertiary/aromatic N) is 3. The van der Waals surface area contributed by atoms with Crippen LogP contribution in [0.5, 0.6) is 0 Å². The molecule has 2 aromatic rings. The lowest BCUT2D eigenvalue weighted by Gasteiger charge is -2.30. The summed E-state index contributed by atoms with van der Waals surface area (Å²) in [7, 11) is 3.34. The molecule has 4 amide bonds. The van der Waals surface area contributed by atoms with E-state index in [0.717, 1.165) is 10.8 Å². The van der Waals surface area contributed by atoms with Crippen LogP contribution in [0.2, 0.25) is 0 Å². The lowest BCUT2D eigenvalue weighted by Crippen LogP contribution is -2.52. The third-order valence-corrected chi connectivity index (χ3v) is 6.01. The zero-order valence-electron chi connectivity index (χ0n) is 16.3. The van der Waals surface area contributed by atoms with Gasteiger partial charge >= 0.3 is 6.03 Å². The van der Waals surface area contributed by atoms with Gasteiger partial charge in [0.05, 0.1) is 6.04 Å². The molecule has 0 aliphatic carbocycles. The fourth-order valence-electron chi connectivity index (χ4n) is 4.19. The lowest BCUT2D eigenvalue weighted by atomic mass is 10.1. The molecule has 146 valence electrons. The number of carbonyl (C=O) groups is 3. The van der Waals surface area contributed by atoms with Crippen LogP contribution >= 0.6 is 0 Å². The van der Waals surface area contributed by atoms with Crippen LogP contribution in [0, 0.1) is 0 Å². The van der Waals surface area contributed by atoms with Gasteiger partial charge in [-0.3, -0.25) is 9.59 Å². The van der Waals surface area contributed by atoms with Gasteiger partial charge in [-0.15, -0.1) is 0 Å². The van der Waals surface area contributed by atoms with Crippen molar-refractivity contribution in [1.29, 1.82) is 0 Å². The maximum absolute atomic E-state index is 13.0. The van der Waals surface area contributed by atoms with E-state index in [1.165, 1.54) is 4.90 Å². The average Bonchev–Trinajstić information content (AvgIpc) is 3.14. The first-order valence-electron chi connectivity index (χ1n) is 9.48. The lowest BCUT2D eigenvalue weighted by molar-refractivity contribution is -0.140. The molecule has 2 saturated heterocycles. The summed E-state index contributed by atoms with van der Waals surface area (Å²) >= 11 is 0. The number of likely N-dealkylation sites (tertiary alicyclic amines) is 1. The van der Waals surface area contributed by atoms with Crippen molar-refractivity contribution < 1.29 is 14.4 Å². The summed E-state index contributed by atoms with van der Waals surface area (Å²) < 4.78 is 0. The standard InChI is InChI=1S/C21H24N4O3/c1-13-19(26)24(3)17-10-11-25(18(17)20(27)23(13)2)21(28)22-16-9-8-14-6-4-5-7-15(14)12-16/h4-9,12-13,17-18H,10-11H2,1-3H3,(H,22,28)/t13-,17+,18-/m0/s1. The monoisotopic (exact) mass is 380 g/mol. The molecule has 0 bridgehead atoms. The molecule has 3 atom stereocenters. The van der Waals surface area contributed by atoms with Gasteiger partial charge in [0.1, 0.15) is 12.1 Å². The first kappa shape index (κ1) is 18.3. The van der Waals surface area contributed by atoms with Gasteiger partial charge in [-0.25, -0.2) is 4.79 Å². The highest BCUT2D eigenvalue weighted by Gasteiger charge is 2.50. The third kappa shape index (κ3) is 2.87. The average molecular weight is 380 g/mol. The number of hydrogen-bond donors (Lipinski definition) is 1. The van der Waals surface area contributed by atoms with Crippen molar-refractivity contribution in [3.63, 3.8) is 0 Å². The van der Waals surface area contributed by atoms with Crippen molar-refractivity contribution in [2.75, 3.05) is 26.0 Å². The Balaban J connectivity index is 1.59. The molecule has 2 fully saturated rings. The number of fused-ring (bicyclic) bond motifs is 2. The van der Waals surface area contributed by atoms with Crippen molar-refractivity contribution in [3.8, 4) is 0 Å². The van der Waals surface area contributed by atoms with Gasteiger partial charge < -0.3 is 20.0 Å². The van der Waals surface area contributed by atoms with E-state index in [1.807, 2.05) is 42.5 Å². The minimum absolute atomic E-state index is 0.0971. The van der Waals surface area contributed by atoms with E-state index in [4.69, 9.17) is 0 Å². The Morgan fingerprint density at radius 3 is 2.46 bits per heavy atom. The molecule has 1 N–H and O–H groups in total. The predicted octanol–water partition coefficient (Wildman–Crippen LogP) is 2.13. The third-order valence-electron chi connectivity index (χ3n) is 6.01. The SMILES string of the molecule is C[C@H]1C(=O)N(C)[C@@H]2CCN(C(=O)Nc3ccc4ccccc4c3)[C@@H]2C(=O)N1C. The molecule has 28 heavy (non-hydrogen) atoms. The number of rotatable bonds is 1. The van der Waals surface area contributed by atoms with Crippen molar-refractivity contribution in [1.82, 2.24) is 14.7 Å². The summed E-state index contributed by atoms with van der Waals surface area (Å²) in [6.45, 7) is 2.15. The van der Waals surface area contributed by atoms with E-state index in [2.05, 4.69) is 5.32 Å². The first-order valence-corrected chi connectivity index (χ1v) is 9.48. The Hall–Kier alpha value is -3.09. The number of likely N-dealkylation sites (N-methyl/N-ethyl adjacent to an activating group) is 2. The van der Waals surface area contributed by atoms with Crippen molar-refractivity contribution in [2.45, 2.75) is 31.5 Å². The highest BCUT2D eigenvalue weighted by Crippen LogP contribution is 2.29. The number of urea groups is 1. The fourth-order valence-corrected chi connectivity index (χ4v) is 4.19. The van der Waals surface area contributed by atoms with Crippen LogP contribution in [0.1, 0.15) is 13.3 Å². The van der Waals surface area contributed by atoms with E-state index in [-0.39, 0.29) is 23.9 Å². The molecular weight excluding hydrogens is 356 g/mol. The second-order valence-electron chi connectivity index (χ2n) is 7.56. The van der Waals surface area contributed by atoms with Gasteiger partial charge in [-0.2, -0.15) is 0 Å². The topological polar surface area (TPSA) is 73.0 Å². The largest absolute Gasteiger partial charge is 0.338 e. The summed E-state index contributed by atoms with van der Waals surface area (Å²) in [6, 6.07) is 11.8. The van der Waals surface area contributed by atoms with E-state index in [9.17, 15) is 14.4 Å². The minimum atomic E-state index is -0.663. The predicted molar refractivity (Wildman–Crippen MR) is 107 cm³/mol. The smallest absolute Gasteiger partial charge is 0.322 e. The Morgan fingerprint density at radius 1 is 1.00 bits per heavy atom. The van der Waals surface area contributed by atoms with Crippen LogP contribution in [0.3, 0.4) is 0 Å². The van der Waals surface area contributed by atoms with Crippen LogP contribution in [0.15, 0.2) is 42.5 Å². The van der Waals surface area contributed by atoms with Crippen molar-refractivity contribution >= 4 is 34.3 Å². The molecule has 0 spiro atoms. The van der Waals surface area contributed by atoms with E-state index < -0.39 is 12.1 Å². The summed E-state index contributed by atoms with van der Waals surface area (Å²) in [5.41, 5.74) is 0.680. The van der Waals surface area contributed by atoms with Crippen molar-refractivity contribution in [2.24, 2.45) is 0 Å². The molecule has 0 aromatic heterocycles. The summed E-state index contributed by atoms with van der Waals surface area (Å²) in [5, 5.41) is 5.04. The Morgan fingerprint density at radius 2 is 1.71 bits per heavy atom. The van der Waals surface area contributed by atoms with Gasteiger partial charge in [0.15, 0.2) is 0 Å². The molecular formula is C21H24N4O3. The summed E-state index contributed by atoms with van der Waals surface area (Å²) in [5.74, 6) is -0.290. The van der Waals surface area contributed by atoms with Crippen molar-refractivity contribution in [3.05, 3.63) is 42.5 Å². The molecule has 2 aromatic carbocycles. The first-order chi connectivity index (χ1) is 13.4. The summed E-state index contributed by atoms with van der Waals surface area (Å²) in [6.07, 6.45) is 0.588. The van der Waals surface area contributed by atoms with Gasteiger partial charge in [0.25, 0.3) is 0 Å². The van der Waals surface area contributed by atoms with Crippen LogP contribution in [0.4, 0.5) is 10.5 Å². The second-order valence-corrected chi connectivity index (χ2v) is 7.56. The Bertz CT molecular complexity index is 960. The van der Waals surface area contributed by atoms with Crippen LogP contribution in [0.25, 0.3) is 10.8 Å². The van der Waals surface area contributed by atoms with Gasteiger partial charge in [-0.05, 0) is 36.2 Å². The van der Waals surface area contributed by atoms with Crippen LogP contribution < -0.4 is 5.32 Å². The Labute approximate surface area is 163 Å². The molecule has 0 radical (unpaired) electrons. The normalized spacial score (nSPS) is 25.1. The van der Waals surface area contributed by atoms with E-state index in [1.54, 1.807) is 30.8 Å². The minimum Gasteiger partial charge on any atom is -0.338 e. The molecule has 2 heterocycles. The Kier molecular flexibility index (Phi) is 4.45. The number of amides is 4. The second kappa shape index (κ2) is 6.82. The molecule has 7 heteroatoms. The zero-order chi connectivity index (χ0) is 20.0. The van der Waals surface area contributed by atoms with Crippen LogP contribution in [-0.2, 0) is 9.59 Å². The van der Waals surface area contributed by atoms with Gasteiger partial charge in [0.2, 0.25) is 11.8 Å². The number of hydrogen-bond acceptors (Lipinski definition) is 3. The maximum atomic E-state index is 13.0. The highest BCUT2D eigenvalue weighted by molar-refractivity contribution is 5.99. The fraction of sp³-hybridized carbons (Fsp3) is 0.381. The van der Waals surface area contributed by atoms with E-state index >= 15 is 0 Å². The molecule has 7 nitrogen and oxygen atoms in total. The number of anilines is 1. The molecule has 4 rings (SSSR count). The number of carbonyl (C=O) groups excluding carboxylic acids is 3. The van der Waals surface area contributed by atoms with Gasteiger partial charge in [0, 0.05) is 26.3 Å². The van der Waals surface area contributed by atoms with Crippen LogP contribution in [-0.4, -0.2) is 71.3 Å². The highest BCUT2D eigenvalue weighted by atomic mass is 16.2.